The van der Waals surface area contributed by atoms with Gasteiger partial charge < -0.3 is 5.32 Å². The molecule has 0 radical (unpaired) electrons. The van der Waals surface area contributed by atoms with E-state index < -0.39 is 10.8 Å². The molecule has 1 rings (SSSR count). The minimum atomic E-state index is -0.647. The van der Waals surface area contributed by atoms with Crippen LogP contribution in [0.3, 0.4) is 0 Å². The zero-order valence-electron chi connectivity index (χ0n) is 10.6. The van der Waals surface area contributed by atoms with Crippen molar-refractivity contribution < 1.29 is 4.21 Å². The minimum absolute atomic E-state index is 0.337. The SMILES string of the molecule is CC(C)CC1NC(C)CS(=O)C1C(C)C. The van der Waals surface area contributed by atoms with E-state index in [2.05, 4.69) is 39.9 Å². The predicted molar refractivity (Wildman–Crippen MR) is 67.5 cm³/mol. The maximum Gasteiger partial charge on any atom is 0.0524 e. The van der Waals surface area contributed by atoms with E-state index in [9.17, 15) is 4.21 Å². The van der Waals surface area contributed by atoms with Crippen molar-refractivity contribution in [3.8, 4) is 0 Å². The molecule has 90 valence electrons. The van der Waals surface area contributed by atoms with E-state index in [-0.39, 0.29) is 0 Å². The Bertz CT molecular complexity index is 226. The normalized spacial score (nSPS) is 37.5. The lowest BCUT2D eigenvalue weighted by Crippen LogP contribution is -2.56. The molecule has 1 fully saturated rings. The van der Waals surface area contributed by atoms with Gasteiger partial charge in [0.1, 0.15) is 0 Å². The summed E-state index contributed by atoms with van der Waals surface area (Å²) in [6.45, 7) is 11.0. The van der Waals surface area contributed by atoms with Gasteiger partial charge in [-0.2, -0.15) is 0 Å². The average Bonchev–Trinajstić information content (AvgIpc) is 1.99. The van der Waals surface area contributed by atoms with Crippen LogP contribution in [0.2, 0.25) is 0 Å². The predicted octanol–water partition coefficient (Wildman–Crippen LogP) is 2.17. The van der Waals surface area contributed by atoms with Crippen molar-refractivity contribution in [2.24, 2.45) is 11.8 Å². The van der Waals surface area contributed by atoms with Crippen LogP contribution in [0.4, 0.5) is 0 Å². The fraction of sp³-hybridized carbons (Fsp3) is 1.00. The molecule has 1 N–H and O–H groups in total. The zero-order chi connectivity index (χ0) is 11.6. The lowest BCUT2D eigenvalue weighted by atomic mass is 9.94. The molecule has 15 heavy (non-hydrogen) atoms. The number of hydrogen-bond acceptors (Lipinski definition) is 2. The van der Waals surface area contributed by atoms with Gasteiger partial charge >= 0.3 is 0 Å². The van der Waals surface area contributed by atoms with Crippen LogP contribution in [0, 0.1) is 11.8 Å². The second-order valence-electron chi connectivity index (χ2n) is 5.56. The van der Waals surface area contributed by atoms with Crippen molar-refractivity contribution in [2.75, 3.05) is 5.75 Å². The summed E-state index contributed by atoms with van der Waals surface area (Å²) in [7, 11) is -0.647. The molecule has 0 spiro atoms. The summed E-state index contributed by atoms with van der Waals surface area (Å²) >= 11 is 0. The Hall–Kier alpha value is 0.110. The van der Waals surface area contributed by atoms with Gasteiger partial charge in [0, 0.05) is 28.6 Å². The van der Waals surface area contributed by atoms with E-state index in [4.69, 9.17) is 0 Å². The molecule has 0 amide bonds. The van der Waals surface area contributed by atoms with Gasteiger partial charge in [-0.15, -0.1) is 0 Å². The molecule has 0 aromatic rings. The summed E-state index contributed by atoms with van der Waals surface area (Å²) in [4.78, 5) is 0. The third-order valence-corrected chi connectivity index (χ3v) is 5.30. The third-order valence-electron chi connectivity index (χ3n) is 3.00. The van der Waals surface area contributed by atoms with Crippen LogP contribution in [0.15, 0.2) is 0 Å². The van der Waals surface area contributed by atoms with Gasteiger partial charge in [-0.3, -0.25) is 4.21 Å². The van der Waals surface area contributed by atoms with Crippen LogP contribution < -0.4 is 5.32 Å². The molecule has 1 saturated heterocycles. The quantitative estimate of drug-likeness (QED) is 0.806. The fourth-order valence-electron chi connectivity index (χ4n) is 2.53. The van der Waals surface area contributed by atoms with Gasteiger partial charge in [0.25, 0.3) is 0 Å². The fourth-order valence-corrected chi connectivity index (χ4v) is 4.50. The third kappa shape index (κ3) is 3.56. The second-order valence-corrected chi connectivity index (χ2v) is 7.20. The van der Waals surface area contributed by atoms with E-state index in [1.165, 1.54) is 0 Å². The van der Waals surface area contributed by atoms with E-state index in [1.807, 2.05) is 0 Å². The minimum Gasteiger partial charge on any atom is -0.309 e. The van der Waals surface area contributed by atoms with Gasteiger partial charge in [0.2, 0.25) is 0 Å². The zero-order valence-corrected chi connectivity index (χ0v) is 11.4. The van der Waals surface area contributed by atoms with Gasteiger partial charge in [0.05, 0.1) is 5.25 Å². The maximum atomic E-state index is 12.1. The van der Waals surface area contributed by atoms with E-state index in [0.717, 1.165) is 12.2 Å². The van der Waals surface area contributed by atoms with E-state index in [1.54, 1.807) is 0 Å². The number of rotatable bonds is 3. The molecule has 1 heterocycles. The molecule has 0 saturated carbocycles. The van der Waals surface area contributed by atoms with Crippen molar-refractivity contribution >= 4 is 10.8 Å². The van der Waals surface area contributed by atoms with Gasteiger partial charge in [-0.1, -0.05) is 27.7 Å². The Kier molecular flexibility index (Phi) is 4.78. The van der Waals surface area contributed by atoms with Gasteiger partial charge in [-0.05, 0) is 25.2 Å². The van der Waals surface area contributed by atoms with Crippen LogP contribution >= 0.6 is 0 Å². The van der Waals surface area contributed by atoms with Crippen LogP contribution in [-0.4, -0.2) is 27.3 Å². The van der Waals surface area contributed by atoms with Gasteiger partial charge in [0.15, 0.2) is 0 Å². The van der Waals surface area contributed by atoms with Crippen molar-refractivity contribution in [1.29, 1.82) is 0 Å². The first-order valence-corrected chi connectivity index (χ1v) is 7.43. The van der Waals surface area contributed by atoms with E-state index >= 15 is 0 Å². The molecule has 3 heteroatoms. The van der Waals surface area contributed by atoms with Crippen molar-refractivity contribution in [1.82, 2.24) is 5.32 Å². The summed E-state index contributed by atoms with van der Waals surface area (Å²) < 4.78 is 12.1. The highest BCUT2D eigenvalue weighted by molar-refractivity contribution is 7.85. The highest BCUT2D eigenvalue weighted by Gasteiger charge is 2.35. The van der Waals surface area contributed by atoms with Crippen LogP contribution in [0.1, 0.15) is 41.0 Å². The lowest BCUT2D eigenvalue weighted by molar-refractivity contribution is 0.332. The summed E-state index contributed by atoms with van der Waals surface area (Å²) in [6, 6.07) is 0.846. The molecule has 1 aliphatic heterocycles. The van der Waals surface area contributed by atoms with Crippen LogP contribution in [-0.2, 0) is 10.8 Å². The Morgan fingerprint density at radius 3 is 2.40 bits per heavy atom. The summed E-state index contributed by atoms with van der Waals surface area (Å²) in [5.74, 6) is 2.00. The molecular formula is C12H25NOS. The number of hydrogen-bond donors (Lipinski definition) is 1. The highest BCUT2D eigenvalue weighted by Crippen LogP contribution is 2.23. The van der Waals surface area contributed by atoms with Crippen LogP contribution in [0.25, 0.3) is 0 Å². The Morgan fingerprint density at radius 2 is 1.93 bits per heavy atom. The molecule has 1 aliphatic rings. The summed E-state index contributed by atoms with van der Waals surface area (Å²) in [5.41, 5.74) is 0. The summed E-state index contributed by atoms with van der Waals surface area (Å²) in [5, 5.41) is 3.95. The molecule has 0 bridgehead atoms. The first-order chi connectivity index (χ1) is 6.91. The molecular weight excluding hydrogens is 206 g/mol. The second kappa shape index (κ2) is 5.44. The molecule has 0 aliphatic carbocycles. The smallest absolute Gasteiger partial charge is 0.0524 e. The topological polar surface area (TPSA) is 29.1 Å². The van der Waals surface area contributed by atoms with Crippen LogP contribution in [0.5, 0.6) is 0 Å². The highest BCUT2D eigenvalue weighted by atomic mass is 32.2. The van der Waals surface area contributed by atoms with Crippen molar-refractivity contribution in [2.45, 2.75) is 58.4 Å². The lowest BCUT2D eigenvalue weighted by Gasteiger charge is -2.38. The van der Waals surface area contributed by atoms with Crippen molar-refractivity contribution in [3.63, 3.8) is 0 Å². The Labute approximate surface area is 96.7 Å². The van der Waals surface area contributed by atoms with E-state index in [0.29, 0.717) is 29.2 Å². The standard InChI is InChI=1S/C12H25NOS/c1-8(2)6-11-12(9(3)4)15(14)7-10(5)13-11/h8-13H,6-7H2,1-5H3. The van der Waals surface area contributed by atoms with Gasteiger partial charge in [-0.25, -0.2) is 0 Å². The largest absolute Gasteiger partial charge is 0.309 e. The molecule has 0 aromatic carbocycles. The number of nitrogens with one attached hydrogen (secondary N) is 1. The molecule has 2 nitrogen and oxygen atoms in total. The first kappa shape index (κ1) is 13.2. The molecule has 4 atom stereocenters. The monoisotopic (exact) mass is 231 g/mol. The Balaban J connectivity index is 2.73. The van der Waals surface area contributed by atoms with Crippen molar-refractivity contribution in [3.05, 3.63) is 0 Å². The Morgan fingerprint density at radius 1 is 1.33 bits per heavy atom. The average molecular weight is 231 g/mol. The molecule has 4 unspecified atom stereocenters. The summed E-state index contributed by atoms with van der Waals surface area (Å²) in [6.07, 6.45) is 1.14. The molecule has 0 aromatic heterocycles. The maximum absolute atomic E-state index is 12.1. The first-order valence-electron chi connectivity index (χ1n) is 6.05.